The number of nitrogens with two attached hydrogens (primary N) is 1. The number of rotatable bonds is 3. The standard InChI is InChI=1S/C13H17N5OS/c14-17-12-10-3-4-20-13(10)16-11(15-12)7-18-5-8-1-2-9(6-18)19-8/h3-4,8-9H,1-2,5-7,14H2,(H,15,16,17). The topological polar surface area (TPSA) is 76.3 Å². The monoisotopic (exact) mass is 291 g/mol. The number of hydrazine groups is 1. The third kappa shape index (κ3) is 2.16. The number of nitrogens with one attached hydrogen (secondary N) is 1. The lowest BCUT2D eigenvalue weighted by atomic mass is 10.2. The van der Waals surface area contributed by atoms with Crippen LogP contribution in [-0.2, 0) is 11.3 Å². The summed E-state index contributed by atoms with van der Waals surface area (Å²) in [5.41, 5.74) is 2.68. The fourth-order valence-corrected chi connectivity index (χ4v) is 3.89. The molecule has 0 amide bonds. The average molecular weight is 291 g/mol. The number of thiophene rings is 1. The van der Waals surface area contributed by atoms with E-state index in [1.54, 1.807) is 11.3 Å². The van der Waals surface area contributed by atoms with E-state index in [-0.39, 0.29) is 0 Å². The molecule has 2 saturated heterocycles. The molecule has 3 N–H and O–H groups in total. The van der Waals surface area contributed by atoms with E-state index in [4.69, 9.17) is 10.6 Å². The van der Waals surface area contributed by atoms with Crippen LogP contribution in [0, 0.1) is 0 Å². The molecule has 0 aromatic carbocycles. The summed E-state index contributed by atoms with van der Waals surface area (Å²) < 4.78 is 5.86. The van der Waals surface area contributed by atoms with Crippen LogP contribution >= 0.6 is 11.3 Å². The summed E-state index contributed by atoms with van der Waals surface area (Å²) >= 11 is 1.62. The van der Waals surface area contributed by atoms with Gasteiger partial charge in [0.05, 0.1) is 24.1 Å². The maximum absolute atomic E-state index is 5.86. The average Bonchev–Trinajstić information content (AvgIpc) is 3.04. The van der Waals surface area contributed by atoms with Crippen LogP contribution in [0.4, 0.5) is 5.82 Å². The number of fused-ring (bicyclic) bond motifs is 3. The minimum Gasteiger partial charge on any atom is -0.372 e. The largest absolute Gasteiger partial charge is 0.372 e. The van der Waals surface area contributed by atoms with Crippen molar-refractivity contribution in [3.8, 4) is 0 Å². The Kier molecular flexibility index (Phi) is 3.07. The predicted molar refractivity (Wildman–Crippen MR) is 78.4 cm³/mol. The van der Waals surface area contributed by atoms with Crippen molar-refractivity contribution in [1.29, 1.82) is 0 Å². The molecular weight excluding hydrogens is 274 g/mol. The number of hydrogen-bond acceptors (Lipinski definition) is 7. The van der Waals surface area contributed by atoms with Crippen molar-refractivity contribution in [2.24, 2.45) is 5.84 Å². The number of ether oxygens (including phenoxy) is 1. The lowest BCUT2D eigenvalue weighted by Crippen LogP contribution is -2.42. The lowest BCUT2D eigenvalue weighted by Gasteiger charge is -2.31. The zero-order valence-corrected chi connectivity index (χ0v) is 11.9. The summed E-state index contributed by atoms with van der Waals surface area (Å²) in [5.74, 6) is 7.10. The Morgan fingerprint density at radius 1 is 1.35 bits per heavy atom. The molecule has 0 spiro atoms. The van der Waals surface area contributed by atoms with Crippen LogP contribution in [0.1, 0.15) is 18.7 Å². The normalized spacial score (nSPS) is 26.2. The van der Waals surface area contributed by atoms with Gasteiger partial charge in [-0.3, -0.25) is 4.90 Å². The molecule has 4 heterocycles. The number of aromatic nitrogens is 2. The van der Waals surface area contributed by atoms with Crippen molar-refractivity contribution in [3.05, 3.63) is 17.3 Å². The summed E-state index contributed by atoms with van der Waals surface area (Å²) in [6.45, 7) is 2.72. The van der Waals surface area contributed by atoms with E-state index in [1.807, 2.05) is 11.4 Å². The quantitative estimate of drug-likeness (QED) is 0.656. The number of morpholine rings is 1. The van der Waals surface area contributed by atoms with Gasteiger partial charge < -0.3 is 10.2 Å². The fraction of sp³-hybridized carbons (Fsp3) is 0.538. The second-order valence-corrected chi connectivity index (χ2v) is 6.32. The molecule has 106 valence electrons. The number of anilines is 1. The molecule has 0 saturated carbocycles. The number of nitrogens with zero attached hydrogens (tertiary/aromatic N) is 3. The van der Waals surface area contributed by atoms with Gasteiger partial charge in [-0.25, -0.2) is 15.8 Å². The Morgan fingerprint density at radius 3 is 2.90 bits per heavy atom. The third-order valence-electron chi connectivity index (χ3n) is 3.99. The predicted octanol–water partition coefficient (Wildman–Crippen LogP) is 1.34. The Balaban J connectivity index is 1.59. The lowest BCUT2D eigenvalue weighted by molar-refractivity contribution is -0.0417. The highest BCUT2D eigenvalue weighted by atomic mass is 32.1. The molecule has 2 aliphatic heterocycles. The highest BCUT2D eigenvalue weighted by molar-refractivity contribution is 7.16. The molecule has 20 heavy (non-hydrogen) atoms. The molecule has 6 nitrogen and oxygen atoms in total. The summed E-state index contributed by atoms with van der Waals surface area (Å²) in [4.78, 5) is 12.5. The minimum atomic E-state index is 0.395. The van der Waals surface area contributed by atoms with Crippen LogP contribution in [0.15, 0.2) is 11.4 Å². The van der Waals surface area contributed by atoms with E-state index in [0.29, 0.717) is 18.0 Å². The van der Waals surface area contributed by atoms with E-state index in [2.05, 4.69) is 20.3 Å². The van der Waals surface area contributed by atoms with E-state index in [9.17, 15) is 0 Å². The smallest absolute Gasteiger partial charge is 0.152 e. The number of nitrogen functional groups attached to an aromatic ring is 1. The second-order valence-electron chi connectivity index (χ2n) is 5.42. The Hall–Kier alpha value is -1.28. The number of hydrogen-bond donors (Lipinski definition) is 2. The van der Waals surface area contributed by atoms with Crippen molar-refractivity contribution in [1.82, 2.24) is 14.9 Å². The van der Waals surface area contributed by atoms with Crippen molar-refractivity contribution in [3.63, 3.8) is 0 Å². The van der Waals surface area contributed by atoms with Gasteiger partial charge in [0.25, 0.3) is 0 Å². The summed E-state index contributed by atoms with van der Waals surface area (Å²) in [6, 6.07) is 1.99. The zero-order valence-electron chi connectivity index (χ0n) is 11.1. The van der Waals surface area contributed by atoms with Crippen LogP contribution in [0.5, 0.6) is 0 Å². The van der Waals surface area contributed by atoms with E-state index in [1.165, 1.54) is 12.8 Å². The van der Waals surface area contributed by atoms with E-state index < -0.39 is 0 Å². The molecule has 2 bridgehead atoms. The van der Waals surface area contributed by atoms with Gasteiger partial charge in [-0.1, -0.05) is 0 Å². The molecule has 2 aromatic rings. The molecule has 2 fully saturated rings. The highest BCUT2D eigenvalue weighted by Gasteiger charge is 2.33. The Labute approximate surface area is 120 Å². The first-order valence-electron chi connectivity index (χ1n) is 6.90. The first-order valence-corrected chi connectivity index (χ1v) is 7.78. The van der Waals surface area contributed by atoms with Crippen LogP contribution in [0.3, 0.4) is 0 Å². The van der Waals surface area contributed by atoms with E-state index >= 15 is 0 Å². The molecular formula is C13H17N5OS. The van der Waals surface area contributed by atoms with E-state index in [0.717, 1.165) is 35.7 Å². The van der Waals surface area contributed by atoms with Gasteiger partial charge in [0, 0.05) is 13.1 Å². The van der Waals surface area contributed by atoms with Gasteiger partial charge in [-0.2, -0.15) is 0 Å². The van der Waals surface area contributed by atoms with Crippen molar-refractivity contribution < 1.29 is 4.74 Å². The van der Waals surface area contributed by atoms with Crippen molar-refractivity contribution >= 4 is 27.4 Å². The van der Waals surface area contributed by atoms with Crippen LogP contribution in [0.2, 0.25) is 0 Å². The molecule has 4 rings (SSSR count). The highest BCUT2D eigenvalue weighted by Crippen LogP contribution is 2.28. The maximum atomic E-state index is 5.86. The second kappa shape index (κ2) is 4.92. The van der Waals surface area contributed by atoms with Gasteiger partial charge in [0.15, 0.2) is 5.82 Å². The van der Waals surface area contributed by atoms with Gasteiger partial charge in [0.1, 0.15) is 10.7 Å². The number of likely N-dealkylation sites (tertiary alicyclic amines) is 1. The third-order valence-corrected chi connectivity index (χ3v) is 4.80. The Morgan fingerprint density at radius 2 is 2.15 bits per heavy atom. The minimum absolute atomic E-state index is 0.395. The van der Waals surface area contributed by atoms with Gasteiger partial charge in [-0.05, 0) is 24.3 Å². The van der Waals surface area contributed by atoms with Crippen LogP contribution < -0.4 is 11.3 Å². The first-order chi connectivity index (χ1) is 9.81. The molecule has 2 atom stereocenters. The zero-order chi connectivity index (χ0) is 13.5. The van der Waals surface area contributed by atoms with Crippen LogP contribution in [0.25, 0.3) is 10.2 Å². The van der Waals surface area contributed by atoms with Gasteiger partial charge >= 0.3 is 0 Å². The van der Waals surface area contributed by atoms with Gasteiger partial charge in [0.2, 0.25) is 0 Å². The SMILES string of the molecule is NNc1nc(CN2CC3CCC(C2)O3)nc2sccc12. The molecule has 0 aliphatic carbocycles. The molecule has 0 radical (unpaired) electrons. The molecule has 2 aliphatic rings. The molecule has 7 heteroatoms. The van der Waals surface area contributed by atoms with Crippen molar-refractivity contribution in [2.45, 2.75) is 31.6 Å². The molecule has 2 aromatic heterocycles. The summed E-state index contributed by atoms with van der Waals surface area (Å²) in [5, 5.41) is 3.00. The Bertz CT molecular complexity index is 618. The maximum Gasteiger partial charge on any atom is 0.152 e. The first kappa shape index (κ1) is 12.5. The van der Waals surface area contributed by atoms with Crippen LogP contribution in [-0.4, -0.2) is 40.2 Å². The fourth-order valence-electron chi connectivity index (χ4n) is 3.11. The van der Waals surface area contributed by atoms with Gasteiger partial charge in [-0.15, -0.1) is 11.3 Å². The molecule has 2 unspecified atom stereocenters. The summed E-state index contributed by atoms with van der Waals surface area (Å²) in [7, 11) is 0. The van der Waals surface area contributed by atoms with Crippen molar-refractivity contribution in [2.75, 3.05) is 18.5 Å². The summed E-state index contributed by atoms with van der Waals surface area (Å²) in [6.07, 6.45) is 3.15.